The zero-order chi connectivity index (χ0) is 10.8. The van der Waals surface area contributed by atoms with Crippen LogP contribution >= 0.6 is 0 Å². The van der Waals surface area contributed by atoms with E-state index in [1.54, 1.807) is 0 Å². The molecule has 2 unspecified atom stereocenters. The summed E-state index contributed by atoms with van der Waals surface area (Å²) in [5.41, 5.74) is 5.47. The van der Waals surface area contributed by atoms with Crippen LogP contribution in [-0.4, -0.2) is 21.2 Å². The van der Waals surface area contributed by atoms with Gasteiger partial charge in [0.25, 0.3) is 0 Å². The predicted octanol–water partition coefficient (Wildman–Crippen LogP) is 1.62. The lowest BCUT2D eigenvalue weighted by Gasteiger charge is -2.31. The van der Waals surface area contributed by atoms with Gasteiger partial charge in [-0.3, -0.25) is 0 Å². The molecule has 1 aliphatic rings. The Hall–Kier alpha value is -1.26. The van der Waals surface area contributed by atoms with E-state index in [2.05, 4.69) is 34.3 Å². The maximum Gasteiger partial charge on any atom is 0.243 e. The Kier molecular flexibility index (Phi) is 2.79. The number of nitrogens with one attached hydrogen (secondary N) is 2. The van der Waals surface area contributed by atoms with Gasteiger partial charge in [-0.1, -0.05) is 13.8 Å². The van der Waals surface area contributed by atoms with E-state index in [1.165, 1.54) is 19.3 Å². The largest absolute Gasteiger partial charge is 0.368 e. The number of nitrogens with two attached hydrogens (primary N) is 1. The van der Waals surface area contributed by atoms with Crippen molar-refractivity contribution in [2.45, 2.75) is 39.2 Å². The molecule has 5 heteroatoms. The number of rotatable bonds is 2. The second-order valence-electron chi connectivity index (χ2n) is 4.80. The number of nitrogen functional groups attached to an aromatic ring is 1. The van der Waals surface area contributed by atoms with E-state index in [4.69, 9.17) is 5.73 Å². The Bertz CT molecular complexity index is 311. The molecule has 2 rings (SSSR count). The van der Waals surface area contributed by atoms with E-state index in [9.17, 15) is 0 Å². The highest BCUT2D eigenvalue weighted by Gasteiger charge is 2.24. The fraction of sp³-hybridized carbons (Fsp3) is 0.800. The molecule has 5 nitrogen and oxygen atoms in total. The van der Waals surface area contributed by atoms with Crippen LogP contribution in [-0.2, 0) is 0 Å². The van der Waals surface area contributed by atoms with E-state index in [0.29, 0.717) is 17.9 Å². The van der Waals surface area contributed by atoms with Crippen LogP contribution in [0.2, 0.25) is 0 Å². The lowest BCUT2D eigenvalue weighted by atomic mass is 9.80. The summed E-state index contributed by atoms with van der Waals surface area (Å²) in [4.78, 5) is 4.05. The Morgan fingerprint density at radius 2 is 1.93 bits per heavy atom. The third-order valence-electron chi connectivity index (χ3n) is 3.01. The van der Waals surface area contributed by atoms with Crippen LogP contribution < -0.4 is 11.1 Å². The summed E-state index contributed by atoms with van der Waals surface area (Å²) in [7, 11) is 0. The zero-order valence-corrected chi connectivity index (χ0v) is 9.33. The highest BCUT2D eigenvalue weighted by Crippen LogP contribution is 2.29. The second-order valence-corrected chi connectivity index (χ2v) is 4.80. The lowest BCUT2D eigenvalue weighted by Crippen LogP contribution is -2.30. The first-order chi connectivity index (χ1) is 7.13. The first-order valence-electron chi connectivity index (χ1n) is 5.58. The van der Waals surface area contributed by atoms with Crippen molar-refractivity contribution in [2.75, 3.05) is 11.1 Å². The molecule has 15 heavy (non-hydrogen) atoms. The second kappa shape index (κ2) is 4.08. The highest BCUT2D eigenvalue weighted by atomic mass is 15.3. The van der Waals surface area contributed by atoms with Gasteiger partial charge in [-0.25, -0.2) is 5.10 Å². The molecular formula is C10H19N5. The molecule has 1 fully saturated rings. The molecule has 84 valence electrons. The van der Waals surface area contributed by atoms with Crippen LogP contribution in [0.5, 0.6) is 0 Å². The monoisotopic (exact) mass is 209 g/mol. The lowest BCUT2D eigenvalue weighted by molar-refractivity contribution is 0.280. The van der Waals surface area contributed by atoms with Gasteiger partial charge in [0.1, 0.15) is 0 Å². The standard InChI is InChI=1S/C10H19N5/c1-6-3-7(2)5-8(4-6)12-10-13-9(11)14-15-10/h6-8H,3-5H2,1-2H3,(H4,11,12,13,14,15). The van der Waals surface area contributed by atoms with Gasteiger partial charge in [0.2, 0.25) is 11.9 Å². The van der Waals surface area contributed by atoms with E-state index < -0.39 is 0 Å². The fourth-order valence-electron chi connectivity index (χ4n) is 2.59. The van der Waals surface area contributed by atoms with Gasteiger partial charge in [-0.05, 0) is 31.1 Å². The molecule has 2 atom stereocenters. The molecule has 0 saturated heterocycles. The molecule has 1 heterocycles. The van der Waals surface area contributed by atoms with Gasteiger partial charge in [-0.15, -0.1) is 5.10 Å². The predicted molar refractivity (Wildman–Crippen MR) is 60.4 cm³/mol. The van der Waals surface area contributed by atoms with Crippen molar-refractivity contribution in [1.29, 1.82) is 0 Å². The Morgan fingerprint density at radius 3 is 2.47 bits per heavy atom. The molecule has 0 amide bonds. The van der Waals surface area contributed by atoms with Crippen molar-refractivity contribution >= 4 is 11.9 Å². The first kappa shape index (κ1) is 10.3. The Balaban J connectivity index is 1.94. The summed E-state index contributed by atoms with van der Waals surface area (Å²) in [6.07, 6.45) is 3.71. The zero-order valence-electron chi connectivity index (χ0n) is 9.33. The van der Waals surface area contributed by atoms with Gasteiger partial charge in [0.15, 0.2) is 0 Å². The van der Waals surface area contributed by atoms with Crippen molar-refractivity contribution in [3.05, 3.63) is 0 Å². The van der Waals surface area contributed by atoms with Gasteiger partial charge in [0, 0.05) is 6.04 Å². The number of anilines is 2. The summed E-state index contributed by atoms with van der Waals surface area (Å²) in [6.45, 7) is 4.60. The normalized spacial score (nSPS) is 31.5. The minimum absolute atomic E-state index is 0.370. The average molecular weight is 209 g/mol. The average Bonchev–Trinajstić information content (AvgIpc) is 2.49. The summed E-state index contributed by atoms with van der Waals surface area (Å²) >= 11 is 0. The van der Waals surface area contributed by atoms with Crippen molar-refractivity contribution < 1.29 is 0 Å². The first-order valence-corrected chi connectivity index (χ1v) is 5.58. The number of aromatic amines is 1. The van der Waals surface area contributed by atoms with E-state index >= 15 is 0 Å². The van der Waals surface area contributed by atoms with Crippen molar-refractivity contribution in [1.82, 2.24) is 15.2 Å². The molecule has 1 aromatic heterocycles. The number of H-pyrrole nitrogens is 1. The Morgan fingerprint density at radius 1 is 1.27 bits per heavy atom. The maximum atomic E-state index is 5.47. The minimum atomic E-state index is 0.370. The number of nitrogens with zero attached hydrogens (tertiary/aromatic N) is 2. The third kappa shape index (κ3) is 2.61. The fourth-order valence-corrected chi connectivity index (χ4v) is 2.59. The minimum Gasteiger partial charge on any atom is -0.368 e. The summed E-state index contributed by atoms with van der Waals surface area (Å²) in [6, 6.07) is 0.485. The molecule has 0 spiro atoms. The molecule has 0 radical (unpaired) electrons. The van der Waals surface area contributed by atoms with Gasteiger partial charge >= 0.3 is 0 Å². The van der Waals surface area contributed by atoms with Crippen LogP contribution in [0.25, 0.3) is 0 Å². The van der Waals surface area contributed by atoms with Crippen LogP contribution in [0.1, 0.15) is 33.1 Å². The summed E-state index contributed by atoms with van der Waals surface area (Å²) < 4.78 is 0. The number of aromatic nitrogens is 3. The smallest absolute Gasteiger partial charge is 0.243 e. The number of hydrogen-bond donors (Lipinski definition) is 3. The van der Waals surface area contributed by atoms with Gasteiger partial charge < -0.3 is 11.1 Å². The molecule has 1 aliphatic carbocycles. The van der Waals surface area contributed by atoms with Crippen molar-refractivity contribution in [2.24, 2.45) is 11.8 Å². The molecule has 1 aromatic rings. The quantitative estimate of drug-likeness (QED) is 0.691. The molecule has 0 aliphatic heterocycles. The molecule has 4 N–H and O–H groups in total. The third-order valence-corrected chi connectivity index (χ3v) is 3.01. The molecule has 0 bridgehead atoms. The van der Waals surface area contributed by atoms with E-state index in [1.807, 2.05) is 0 Å². The van der Waals surface area contributed by atoms with Crippen LogP contribution in [0.15, 0.2) is 0 Å². The molecular weight excluding hydrogens is 190 g/mol. The number of hydrogen-bond acceptors (Lipinski definition) is 4. The topological polar surface area (TPSA) is 79.6 Å². The van der Waals surface area contributed by atoms with Crippen LogP contribution in [0.4, 0.5) is 11.9 Å². The van der Waals surface area contributed by atoms with Crippen LogP contribution in [0, 0.1) is 11.8 Å². The molecule has 0 aromatic carbocycles. The van der Waals surface area contributed by atoms with Crippen molar-refractivity contribution in [3.63, 3.8) is 0 Å². The van der Waals surface area contributed by atoms with E-state index in [-0.39, 0.29) is 0 Å². The summed E-state index contributed by atoms with van der Waals surface area (Å²) in [5.74, 6) is 2.55. The highest BCUT2D eigenvalue weighted by molar-refractivity contribution is 5.31. The maximum absolute atomic E-state index is 5.47. The van der Waals surface area contributed by atoms with Gasteiger partial charge in [0.05, 0.1) is 0 Å². The SMILES string of the molecule is CC1CC(C)CC(Nc2n[nH]c(N)n2)C1. The Labute approximate surface area is 89.9 Å². The van der Waals surface area contributed by atoms with Crippen molar-refractivity contribution in [3.8, 4) is 0 Å². The van der Waals surface area contributed by atoms with Crippen LogP contribution in [0.3, 0.4) is 0 Å². The van der Waals surface area contributed by atoms with Gasteiger partial charge in [-0.2, -0.15) is 4.98 Å². The summed E-state index contributed by atoms with van der Waals surface area (Å²) in [5, 5.41) is 9.95. The molecule has 1 saturated carbocycles. The van der Waals surface area contributed by atoms with E-state index in [0.717, 1.165) is 11.8 Å².